The van der Waals surface area contributed by atoms with Crippen LogP contribution in [-0.4, -0.2) is 27.7 Å². The fraction of sp³-hybridized carbons (Fsp3) is 0.286. The molecule has 0 saturated heterocycles. The minimum absolute atomic E-state index is 0.368. The number of terminal acetylenes is 2. The fourth-order valence-corrected chi connectivity index (χ4v) is 0.861. The van der Waals surface area contributed by atoms with Gasteiger partial charge in [0.2, 0.25) is 0 Å². The highest BCUT2D eigenvalue weighted by Gasteiger charge is 2.06. The Balaban J connectivity index is 4.34. The van der Waals surface area contributed by atoms with Crippen LogP contribution in [0.25, 0.3) is 0 Å². The van der Waals surface area contributed by atoms with Gasteiger partial charge in [0, 0.05) is 0 Å². The van der Waals surface area contributed by atoms with Gasteiger partial charge in [-0.1, -0.05) is 11.8 Å². The smallest absolute Gasteiger partial charge is 0.383 e. The van der Waals surface area contributed by atoms with Crippen LogP contribution >= 0.6 is 0 Å². The van der Waals surface area contributed by atoms with Crippen molar-refractivity contribution in [3.63, 3.8) is 0 Å². The zero-order chi connectivity index (χ0) is 11.0. The standard InChI is InChI=1S/C7H7NO5S/c1-3-5-12-7(9)8-14(10,11)13-6-4-2/h1-2H,5-6H2,(H,8,9)/p-1. The first-order valence-electron chi connectivity index (χ1n) is 3.18. The fourth-order valence-electron chi connectivity index (χ4n) is 0.356. The van der Waals surface area contributed by atoms with Crippen LogP contribution in [-0.2, 0) is 19.2 Å². The molecule has 6 nitrogen and oxygen atoms in total. The third-order valence-electron chi connectivity index (χ3n) is 0.757. The van der Waals surface area contributed by atoms with Gasteiger partial charge in [0.1, 0.15) is 6.61 Å². The van der Waals surface area contributed by atoms with Crippen molar-refractivity contribution in [1.29, 1.82) is 0 Å². The molecule has 0 fully saturated rings. The summed E-state index contributed by atoms with van der Waals surface area (Å²) in [6.45, 7) is -0.874. The van der Waals surface area contributed by atoms with E-state index in [-0.39, 0.29) is 6.61 Å². The zero-order valence-electron chi connectivity index (χ0n) is 6.97. The molecule has 14 heavy (non-hydrogen) atoms. The Labute approximate surface area is 81.8 Å². The van der Waals surface area contributed by atoms with Crippen molar-refractivity contribution in [1.82, 2.24) is 0 Å². The van der Waals surface area contributed by atoms with Crippen LogP contribution in [0.15, 0.2) is 4.40 Å². The third-order valence-corrected chi connectivity index (χ3v) is 1.54. The van der Waals surface area contributed by atoms with Crippen molar-refractivity contribution < 1.29 is 22.4 Å². The average Bonchev–Trinajstić information content (AvgIpc) is 2.11. The van der Waals surface area contributed by atoms with E-state index >= 15 is 0 Å². The first-order chi connectivity index (χ1) is 6.52. The van der Waals surface area contributed by atoms with E-state index in [1.54, 1.807) is 0 Å². The van der Waals surface area contributed by atoms with E-state index in [9.17, 15) is 13.5 Å². The first-order valence-corrected chi connectivity index (χ1v) is 4.54. The van der Waals surface area contributed by atoms with E-state index in [4.69, 9.17) is 12.8 Å². The minimum Gasteiger partial charge on any atom is -0.587 e. The molecular formula is C7H6NO5S-. The summed E-state index contributed by atoms with van der Waals surface area (Å²) in [6.07, 6.45) is 8.12. The van der Waals surface area contributed by atoms with E-state index < -0.39 is 23.0 Å². The van der Waals surface area contributed by atoms with Gasteiger partial charge < -0.3 is 9.84 Å². The van der Waals surface area contributed by atoms with Gasteiger partial charge in [0.25, 0.3) is 0 Å². The van der Waals surface area contributed by atoms with Gasteiger partial charge in [0.15, 0.2) is 6.08 Å². The van der Waals surface area contributed by atoms with E-state index in [1.807, 2.05) is 11.8 Å². The molecule has 0 aliphatic carbocycles. The highest BCUT2D eigenvalue weighted by molar-refractivity contribution is 7.85. The van der Waals surface area contributed by atoms with E-state index in [1.165, 1.54) is 0 Å². The van der Waals surface area contributed by atoms with Gasteiger partial charge in [-0.3, -0.25) is 0 Å². The summed E-state index contributed by atoms with van der Waals surface area (Å²) in [4.78, 5) is 0. The second-order valence-electron chi connectivity index (χ2n) is 1.74. The number of ether oxygens (including phenoxy) is 1. The lowest BCUT2D eigenvalue weighted by Crippen LogP contribution is -2.23. The molecule has 0 amide bonds. The number of nitrogens with zero attached hydrogens (tertiary/aromatic N) is 1. The molecule has 0 aromatic carbocycles. The SMILES string of the molecule is C#CCO/C([O-])=N/S(=O)(=O)OCC#C. The van der Waals surface area contributed by atoms with Crippen LogP contribution in [0, 0.1) is 24.7 Å². The van der Waals surface area contributed by atoms with Crippen LogP contribution in [0.5, 0.6) is 0 Å². The highest BCUT2D eigenvalue weighted by atomic mass is 32.2. The Kier molecular flexibility index (Phi) is 5.15. The lowest BCUT2D eigenvalue weighted by Gasteiger charge is -2.08. The van der Waals surface area contributed by atoms with Crippen molar-refractivity contribution in [2.45, 2.75) is 0 Å². The third kappa shape index (κ3) is 5.89. The number of hydrogen-bond acceptors (Lipinski definition) is 5. The minimum atomic E-state index is -4.33. The summed E-state index contributed by atoms with van der Waals surface area (Å²) in [5.41, 5.74) is 0. The van der Waals surface area contributed by atoms with E-state index in [0.717, 1.165) is 0 Å². The largest absolute Gasteiger partial charge is 0.587 e. The average molecular weight is 216 g/mol. The normalized spacial score (nSPS) is 11.4. The molecule has 0 N–H and O–H groups in total. The molecule has 0 radical (unpaired) electrons. The quantitative estimate of drug-likeness (QED) is 0.316. The van der Waals surface area contributed by atoms with Crippen LogP contribution in [0.2, 0.25) is 0 Å². The van der Waals surface area contributed by atoms with Gasteiger partial charge in [-0.2, -0.15) is 8.42 Å². The monoisotopic (exact) mass is 216 g/mol. The van der Waals surface area contributed by atoms with Crippen molar-refractivity contribution in [3.8, 4) is 24.7 Å². The first kappa shape index (κ1) is 12.3. The molecule has 0 spiro atoms. The molecule has 0 bridgehead atoms. The molecular weight excluding hydrogens is 210 g/mol. The molecule has 76 valence electrons. The van der Waals surface area contributed by atoms with Crippen LogP contribution in [0.1, 0.15) is 0 Å². The predicted molar refractivity (Wildman–Crippen MR) is 45.9 cm³/mol. The summed E-state index contributed by atoms with van der Waals surface area (Å²) in [5.74, 6) is 3.85. The summed E-state index contributed by atoms with van der Waals surface area (Å²) in [7, 11) is -4.33. The van der Waals surface area contributed by atoms with Crippen molar-refractivity contribution in [2.75, 3.05) is 13.2 Å². The Morgan fingerprint density at radius 2 is 1.93 bits per heavy atom. The summed E-state index contributed by atoms with van der Waals surface area (Å²) >= 11 is 0. The zero-order valence-corrected chi connectivity index (χ0v) is 7.78. The molecule has 7 heteroatoms. The Hall–Kier alpha value is -1.70. The lowest BCUT2D eigenvalue weighted by atomic mass is 10.8. The molecule has 0 saturated carbocycles. The van der Waals surface area contributed by atoms with Crippen molar-refractivity contribution in [2.24, 2.45) is 4.40 Å². The molecule has 0 aliphatic heterocycles. The van der Waals surface area contributed by atoms with Crippen LogP contribution in [0.4, 0.5) is 0 Å². The van der Waals surface area contributed by atoms with Crippen molar-refractivity contribution in [3.05, 3.63) is 0 Å². The Bertz CT molecular complexity index is 383. The summed E-state index contributed by atoms with van der Waals surface area (Å²) in [6, 6.07) is 0. The van der Waals surface area contributed by atoms with Gasteiger partial charge >= 0.3 is 10.3 Å². The number of rotatable bonds is 4. The Morgan fingerprint density at radius 1 is 1.36 bits per heavy atom. The topological polar surface area (TPSA) is 88.0 Å². The predicted octanol–water partition coefficient (Wildman–Crippen LogP) is -1.75. The maximum Gasteiger partial charge on any atom is 0.383 e. The molecule has 0 heterocycles. The van der Waals surface area contributed by atoms with Gasteiger partial charge in [-0.15, -0.1) is 17.2 Å². The molecule has 0 atom stereocenters. The molecule has 0 unspecified atom stereocenters. The lowest BCUT2D eigenvalue weighted by molar-refractivity contribution is -0.248. The second kappa shape index (κ2) is 5.86. The van der Waals surface area contributed by atoms with E-state index in [0.29, 0.717) is 0 Å². The van der Waals surface area contributed by atoms with Crippen LogP contribution < -0.4 is 5.11 Å². The second-order valence-corrected chi connectivity index (χ2v) is 3.02. The van der Waals surface area contributed by atoms with Gasteiger partial charge in [-0.25, -0.2) is 4.18 Å². The van der Waals surface area contributed by atoms with Crippen LogP contribution in [0.3, 0.4) is 0 Å². The number of hydrogen-bond donors (Lipinski definition) is 0. The highest BCUT2D eigenvalue weighted by Crippen LogP contribution is 1.94. The van der Waals surface area contributed by atoms with Crippen molar-refractivity contribution >= 4 is 16.4 Å². The molecule has 0 rings (SSSR count). The summed E-state index contributed by atoms with van der Waals surface area (Å²) < 4.78 is 32.2. The summed E-state index contributed by atoms with van der Waals surface area (Å²) in [5, 5.41) is 10.6. The maximum absolute atomic E-state index is 10.7. The molecule has 0 aliphatic rings. The molecule has 0 aromatic rings. The van der Waals surface area contributed by atoms with E-state index in [2.05, 4.69) is 13.3 Å². The Morgan fingerprint density at radius 3 is 2.43 bits per heavy atom. The van der Waals surface area contributed by atoms with Gasteiger partial charge in [-0.05, 0) is 0 Å². The maximum atomic E-state index is 10.7. The molecule has 0 aromatic heterocycles. The van der Waals surface area contributed by atoms with Gasteiger partial charge in [0.05, 0.1) is 6.61 Å².